The molecule has 0 aromatic rings. The molecular formula is C27H50N2O4. The van der Waals surface area contributed by atoms with Crippen molar-refractivity contribution in [3.8, 4) is 0 Å². The SMILES string of the molecule is COCCC(C)CCC(OC(=O)NC1CCC(CC2CCC(NC(C)=O)CC2)CC1)C(C)C. The smallest absolute Gasteiger partial charge is 0.407 e. The normalized spacial score (nSPS) is 27.6. The van der Waals surface area contributed by atoms with E-state index in [1.54, 1.807) is 14.0 Å². The number of ether oxygens (including phenoxy) is 2. The first-order chi connectivity index (χ1) is 15.8. The Morgan fingerprint density at radius 2 is 1.36 bits per heavy atom. The molecule has 2 amide bonds. The van der Waals surface area contributed by atoms with Crippen LogP contribution in [0.1, 0.15) is 105 Å². The van der Waals surface area contributed by atoms with Gasteiger partial charge < -0.3 is 20.1 Å². The van der Waals surface area contributed by atoms with Crippen LogP contribution in [-0.2, 0) is 14.3 Å². The first kappa shape index (κ1) is 27.9. The van der Waals surface area contributed by atoms with E-state index < -0.39 is 0 Å². The minimum Gasteiger partial charge on any atom is -0.446 e. The van der Waals surface area contributed by atoms with Crippen LogP contribution in [0.4, 0.5) is 4.79 Å². The summed E-state index contributed by atoms with van der Waals surface area (Å²) in [5.74, 6) is 2.57. The van der Waals surface area contributed by atoms with Gasteiger partial charge in [-0.05, 0) is 101 Å². The standard InChI is InChI=1S/C27H50N2O4/c1-19(2)26(15-6-20(3)16-17-32-5)33-27(31)29-25-13-9-23(10-14-25)18-22-7-11-24(12-8-22)28-21(4)30/h19-20,22-26H,6-18H2,1-5H3,(H,28,30)(H,29,31). The third-order valence-electron chi connectivity index (χ3n) is 7.85. The maximum absolute atomic E-state index is 12.6. The van der Waals surface area contributed by atoms with Crippen LogP contribution in [-0.4, -0.2) is 43.9 Å². The number of amides is 2. The molecule has 2 N–H and O–H groups in total. The van der Waals surface area contributed by atoms with E-state index in [9.17, 15) is 9.59 Å². The van der Waals surface area contributed by atoms with Gasteiger partial charge in [0.25, 0.3) is 0 Å². The molecule has 2 aliphatic carbocycles. The molecule has 2 saturated carbocycles. The van der Waals surface area contributed by atoms with Crippen molar-refractivity contribution in [3.63, 3.8) is 0 Å². The van der Waals surface area contributed by atoms with Gasteiger partial charge in [-0.15, -0.1) is 0 Å². The number of rotatable bonds is 12. The van der Waals surface area contributed by atoms with Crippen molar-refractivity contribution in [2.45, 2.75) is 123 Å². The molecular weight excluding hydrogens is 416 g/mol. The van der Waals surface area contributed by atoms with Crippen molar-refractivity contribution in [1.29, 1.82) is 0 Å². The molecule has 2 rings (SSSR count). The molecule has 0 aliphatic heterocycles. The van der Waals surface area contributed by atoms with Crippen molar-refractivity contribution in [3.05, 3.63) is 0 Å². The summed E-state index contributed by atoms with van der Waals surface area (Å²) in [6.45, 7) is 8.90. The summed E-state index contributed by atoms with van der Waals surface area (Å²) < 4.78 is 11.0. The van der Waals surface area contributed by atoms with E-state index in [0.717, 1.165) is 63.4 Å². The van der Waals surface area contributed by atoms with Crippen molar-refractivity contribution < 1.29 is 19.1 Å². The van der Waals surface area contributed by atoms with Gasteiger partial charge in [-0.2, -0.15) is 0 Å². The van der Waals surface area contributed by atoms with Crippen LogP contribution in [0.25, 0.3) is 0 Å². The molecule has 0 aromatic carbocycles. The Labute approximate surface area is 202 Å². The molecule has 2 unspecified atom stereocenters. The first-order valence-corrected chi connectivity index (χ1v) is 13.5. The summed E-state index contributed by atoms with van der Waals surface area (Å²) >= 11 is 0. The molecule has 6 heteroatoms. The lowest BCUT2D eigenvalue weighted by Gasteiger charge is -2.34. The van der Waals surface area contributed by atoms with Gasteiger partial charge >= 0.3 is 6.09 Å². The molecule has 2 aliphatic rings. The summed E-state index contributed by atoms with van der Waals surface area (Å²) in [7, 11) is 1.74. The Morgan fingerprint density at radius 3 is 1.85 bits per heavy atom. The van der Waals surface area contributed by atoms with Crippen LogP contribution in [0.15, 0.2) is 0 Å². The van der Waals surface area contributed by atoms with Crippen LogP contribution in [0.5, 0.6) is 0 Å². The zero-order valence-corrected chi connectivity index (χ0v) is 21.9. The van der Waals surface area contributed by atoms with Gasteiger partial charge in [0.1, 0.15) is 6.10 Å². The Kier molecular flexibility index (Phi) is 12.6. The average Bonchev–Trinajstić information content (AvgIpc) is 2.77. The van der Waals surface area contributed by atoms with Crippen LogP contribution in [0.3, 0.4) is 0 Å². The molecule has 6 nitrogen and oxygen atoms in total. The fraction of sp³-hybridized carbons (Fsp3) is 0.926. The summed E-state index contributed by atoms with van der Waals surface area (Å²) in [4.78, 5) is 23.8. The highest BCUT2D eigenvalue weighted by atomic mass is 16.6. The summed E-state index contributed by atoms with van der Waals surface area (Å²) in [6, 6.07) is 0.630. The maximum Gasteiger partial charge on any atom is 0.407 e. The Hall–Kier alpha value is -1.30. The third-order valence-corrected chi connectivity index (χ3v) is 7.85. The largest absolute Gasteiger partial charge is 0.446 e. The first-order valence-electron chi connectivity index (χ1n) is 13.5. The molecule has 0 saturated heterocycles. The van der Waals surface area contributed by atoms with E-state index in [0.29, 0.717) is 17.9 Å². The number of methoxy groups -OCH3 is 1. The van der Waals surface area contributed by atoms with Gasteiger partial charge in [0.05, 0.1) is 0 Å². The number of alkyl carbamates (subject to hydrolysis) is 1. The predicted molar refractivity (Wildman–Crippen MR) is 133 cm³/mol. The number of carbonyl (C=O) groups excluding carboxylic acids is 2. The van der Waals surface area contributed by atoms with E-state index >= 15 is 0 Å². The fourth-order valence-corrected chi connectivity index (χ4v) is 5.62. The number of hydrogen-bond donors (Lipinski definition) is 2. The lowest BCUT2D eigenvalue weighted by atomic mass is 9.75. The quantitative estimate of drug-likeness (QED) is 0.379. The Balaban J connectivity index is 1.64. The van der Waals surface area contributed by atoms with E-state index in [4.69, 9.17) is 9.47 Å². The summed E-state index contributed by atoms with van der Waals surface area (Å²) in [6.07, 6.45) is 13.3. The second-order valence-electron chi connectivity index (χ2n) is 11.2. The van der Waals surface area contributed by atoms with E-state index in [2.05, 4.69) is 31.4 Å². The predicted octanol–water partition coefficient (Wildman–Crippen LogP) is 5.83. The van der Waals surface area contributed by atoms with Crippen molar-refractivity contribution in [2.75, 3.05) is 13.7 Å². The van der Waals surface area contributed by atoms with Crippen LogP contribution < -0.4 is 10.6 Å². The maximum atomic E-state index is 12.6. The lowest BCUT2D eigenvalue weighted by molar-refractivity contribution is -0.119. The number of nitrogens with one attached hydrogen (secondary N) is 2. The average molecular weight is 467 g/mol. The van der Waals surface area contributed by atoms with Crippen molar-refractivity contribution in [2.24, 2.45) is 23.7 Å². The van der Waals surface area contributed by atoms with Crippen LogP contribution >= 0.6 is 0 Å². The highest BCUT2D eigenvalue weighted by Crippen LogP contribution is 2.35. The van der Waals surface area contributed by atoms with Crippen molar-refractivity contribution in [1.82, 2.24) is 10.6 Å². The zero-order valence-electron chi connectivity index (χ0n) is 21.9. The van der Waals surface area contributed by atoms with Gasteiger partial charge in [-0.3, -0.25) is 4.79 Å². The molecule has 2 atom stereocenters. The number of carbonyl (C=O) groups is 2. The number of hydrogen-bond acceptors (Lipinski definition) is 4. The van der Waals surface area contributed by atoms with Crippen molar-refractivity contribution >= 4 is 12.0 Å². The fourth-order valence-electron chi connectivity index (χ4n) is 5.62. The molecule has 0 spiro atoms. The highest BCUT2D eigenvalue weighted by molar-refractivity contribution is 5.73. The summed E-state index contributed by atoms with van der Waals surface area (Å²) in [5, 5.41) is 6.23. The van der Waals surface area contributed by atoms with Gasteiger partial charge in [0, 0.05) is 32.7 Å². The minimum absolute atomic E-state index is 0.0287. The molecule has 192 valence electrons. The van der Waals surface area contributed by atoms with Gasteiger partial charge in [-0.25, -0.2) is 4.79 Å². The van der Waals surface area contributed by atoms with Gasteiger partial charge in [0.2, 0.25) is 5.91 Å². The highest BCUT2D eigenvalue weighted by Gasteiger charge is 2.28. The second-order valence-corrected chi connectivity index (χ2v) is 11.2. The third kappa shape index (κ3) is 11.1. The molecule has 0 heterocycles. The molecule has 0 bridgehead atoms. The second kappa shape index (κ2) is 14.9. The van der Waals surface area contributed by atoms with E-state index in [1.165, 1.54) is 32.1 Å². The zero-order chi connectivity index (χ0) is 24.2. The molecule has 0 radical (unpaired) electrons. The monoisotopic (exact) mass is 466 g/mol. The van der Waals surface area contributed by atoms with Crippen LogP contribution in [0, 0.1) is 23.7 Å². The Bertz CT molecular complexity index is 566. The molecule has 33 heavy (non-hydrogen) atoms. The topological polar surface area (TPSA) is 76.7 Å². The lowest BCUT2D eigenvalue weighted by Crippen LogP contribution is -2.40. The molecule has 0 aromatic heterocycles. The van der Waals surface area contributed by atoms with Gasteiger partial charge in [0.15, 0.2) is 0 Å². The molecule has 2 fully saturated rings. The summed E-state index contributed by atoms with van der Waals surface area (Å²) in [5.41, 5.74) is 0. The van der Waals surface area contributed by atoms with E-state index in [-0.39, 0.29) is 24.1 Å². The van der Waals surface area contributed by atoms with E-state index in [1.807, 2.05) is 0 Å². The van der Waals surface area contributed by atoms with Gasteiger partial charge in [-0.1, -0.05) is 20.8 Å². The Morgan fingerprint density at radius 1 is 0.818 bits per heavy atom. The van der Waals surface area contributed by atoms with Crippen LogP contribution in [0.2, 0.25) is 0 Å². The minimum atomic E-state index is -0.238.